The molecular weight excluding hydrogens is 539 g/mol. The number of aryl methyl sites for hydroxylation is 1. The number of rotatable bonds is 7. The number of amidine groups is 1. The lowest BCUT2D eigenvalue weighted by atomic mass is 10.1. The maximum absolute atomic E-state index is 13.2. The molecule has 3 N–H and O–H groups in total. The topological polar surface area (TPSA) is 160 Å². The lowest BCUT2D eigenvalue weighted by Crippen LogP contribution is -2.34. The van der Waals surface area contributed by atoms with Gasteiger partial charge in [-0.2, -0.15) is 26.7 Å². The molecule has 0 unspecified atom stereocenters. The predicted octanol–water partition coefficient (Wildman–Crippen LogP) is 2.89. The Labute approximate surface area is 210 Å². The first-order valence-corrected chi connectivity index (χ1v) is 14.1. The lowest BCUT2D eigenvalue weighted by molar-refractivity contribution is -0.0903. The molecular formula is C21H24F3N5O6S2. The first kappa shape index (κ1) is 28.2. The third kappa shape index (κ3) is 6.49. The maximum Gasteiger partial charge on any atom is 0.412 e. The van der Waals surface area contributed by atoms with Crippen LogP contribution in [-0.2, 0) is 26.6 Å². The monoisotopic (exact) mass is 563 g/mol. The number of halogens is 3. The molecule has 3 rings (SSSR count). The molecule has 1 aliphatic heterocycles. The van der Waals surface area contributed by atoms with Crippen LogP contribution in [-0.4, -0.2) is 50.0 Å². The van der Waals surface area contributed by atoms with Crippen molar-refractivity contribution in [3.63, 3.8) is 0 Å². The number of nitrogens with zero attached hydrogens (tertiary/aromatic N) is 3. The Balaban J connectivity index is 2.21. The van der Waals surface area contributed by atoms with E-state index in [2.05, 4.69) is 19.5 Å². The largest absolute Gasteiger partial charge is 0.505 e. The molecule has 16 heteroatoms. The molecule has 1 aromatic heterocycles. The number of anilines is 2. The van der Waals surface area contributed by atoms with E-state index in [9.17, 15) is 39.9 Å². The van der Waals surface area contributed by atoms with E-state index < -0.39 is 65.1 Å². The van der Waals surface area contributed by atoms with Gasteiger partial charge in [0.05, 0.1) is 11.9 Å². The average Bonchev–Trinajstić information content (AvgIpc) is 2.73. The van der Waals surface area contributed by atoms with Crippen LogP contribution in [0, 0.1) is 5.92 Å². The summed E-state index contributed by atoms with van der Waals surface area (Å²) in [6, 6.07) is 3.46. The number of nitrogens with one attached hydrogen (secondary N) is 2. The van der Waals surface area contributed by atoms with Crippen LogP contribution in [0.1, 0.15) is 38.4 Å². The molecule has 1 aliphatic rings. The van der Waals surface area contributed by atoms with Crippen molar-refractivity contribution >= 4 is 43.3 Å². The highest BCUT2D eigenvalue weighted by Crippen LogP contribution is 2.34. The predicted molar refractivity (Wildman–Crippen MR) is 132 cm³/mol. The number of fused-ring (bicyclic) bond motifs is 1. The summed E-state index contributed by atoms with van der Waals surface area (Å²) in [5, 5.41) is 17.2. The van der Waals surface area contributed by atoms with Crippen molar-refractivity contribution in [2.45, 2.75) is 44.8 Å². The van der Waals surface area contributed by atoms with Crippen molar-refractivity contribution in [1.29, 1.82) is 0 Å². The number of sulfonamides is 2. The zero-order valence-corrected chi connectivity index (χ0v) is 21.7. The van der Waals surface area contributed by atoms with Crippen LogP contribution in [0.15, 0.2) is 37.9 Å². The van der Waals surface area contributed by atoms with Crippen LogP contribution < -0.4 is 15.6 Å². The summed E-state index contributed by atoms with van der Waals surface area (Å²) in [4.78, 5) is 12.8. The number of aromatic nitrogens is 2. The number of aromatic hydroxyl groups is 1. The third-order valence-electron chi connectivity index (χ3n) is 5.14. The van der Waals surface area contributed by atoms with Crippen molar-refractivity contribution in [2.75, 3.05) is 16.3 Å². The van der Waals surface area contributed by atoms with Gasteiger partial charge in [0.15, 0.2) is 11.6 Å². The molecule has 0 saturated heterocycles. The van der Waals surface area contributed by atoms with E-state index in [1.807, 2.05) is 13.8 Å². The van der Waals surface area contributed by atoms with Crippen LogP contribution >= 0.6 is 0 Å². The molecule has 0 bridgehead atoms. The maximum atomic E-state index is 13.2. The molecule has 0 atom stereocenters. The van der Waals surface area contributed by atoms with Crippen molar-refractivity contribution < 1.29 is 35.1 Å². The van der Waals surface area contributed by atoms with Gasteiger partial charge in [0.25, 0.3) is 15.6 Å². The summed E-state index contributed by atoms with van der Waals surface area (Å²) in [6.07, 6.45) is -2.92. The average molecular weight is 564 g/mol. The van der Waals surface area contributed by atoms with Crippen LogP contribution in [0.4, 0.5) is 24.5 Å². The number of allylic oxidation sites excluding steroid dienone is 1. The molecule has 0 saturated carbocycles. The SMILES string of the molecule is C/C(=C/c1nn(CCC(C)C)c(=O)c(C2=NS(=O)(=O)c3cc(NS(C)(=O)=O)ccc3N2)c1O)C(F)(F)F. The smallest absolute Gasteiger partial charge is 0.412 e. The van der Waals surface area contributed by atoms with Crippen LogP contribution in [0.25, 0.3) is 6.08 Å². The number of benzene rings is 1. The van der Waals surface area contributed by atoms with Gasteiger partial charge < -0.3 is 10.4 Å². The zero-order chi connectivity index (χ0) is 27.9. The first-order valence-electron chi connectivity index (χ1n) is 10.7. The van der Waals surface area contributed by atoms with Gasteiger partial charge in [-0.05, 0) is 43.5 Å². The van der Waals surface area contributed by atoms with Gasteiger partial charge in [0, 0.05) is 17.8 Å². The fourth-order valence-corrected chi connectivity index (χ4v) is 4.96. The molecule has 11 nitrogen and oxygen atoms in total. The van der Waals surface area contributed by atoms with Crippen molar-refractivity contribution in [3.8, 4) is 5.75 Å². The van der Waals surface area contributed by atoms with Crippen molar-refractivity contribution in [1.82, 2.24) is 9.78 Å². The number of alkyl halides is 3. The summed E-state index contributed by atoms with van der Waals surface area (Å²) < 4.78 is 94.8. The van der Waals surface area contributed by atoms with E-state index in [0.717, 1.165) is 23.9 Å². The molecule has 202 valence electrons. The van der Waals surface area contributed by atoms with Gasteiger partial charge in [-0.15, -0.1) is 4.40 Å². The second kappa shape index (κ2) is 9.81. The van der Waals surface area contributed by atoms with Crippen LogP contribution in [0.3, 0.4) is 0 Å². The van der Waals surface area contributed by atoms with E-state index in [4.69, 9.17) is 0 Å². The van der Waals surface area contributed by atoms with E-state index in [1.165, 1.54) is 12.1 Å². The summed E-state index contributed by atoms with van der Waals surface area (Å²) in [5.41, 5.74) is -3.54. The van der Waals surface area contributed by atoms with E-state index in [1.54, 1.807) is 0 Å². The third-order valence-corrected chi connectivity index (χ3v) is 7.06. The van der Waals surface area contributed by atoms with Gasteiger partial charge in [-0.3, -0.25) is 9.52 Å². The van der Waals surface area contributed by atoms with Gasteiger partial charge in [0.1, 0.15) is 16.2 Å². The number of hydrogen-bond acceptors (Lipinski definition) is 8. The highest BCUT2D eigenvalue weighted by molar-refractivity contribution is 7.92. The van der Waals surface area contributed by atoms with E-state index >= 15 is 0 Å². The molecule has 1 aromatic carbocycles. The molecule has 37 heavy (non-hydrogen) atoms. The van der Waals surface area contributed by atoms with Gasteiger partial charge in [-0.25, -0.2) is 13.1 Å². The highest BCUT2D eigenvalue weighted by Gasteiger charge is 2.33. The summed E-state index contributed by atoms with van der Waals surface area (Å²) in [7, 11) is -8.25. The fourth-order valence-electron chi connectivity index (χ4n) is 3.26. The minimum atomic E-state index is -4.74. The van der Waals surface area contributed by atoms with Gasteiger partial charge in [0.2, 0.25) is 10.0 Å². The minimum absolute atomic E-state index is 0.0210. The van der Waals surface area contributed by atoms with E-state index in [-0.39, 0.29) is 23.8 Å². The fraction of sp³-hybridized carbons (Fsp3) is 0.381. The molecule has 0 fully saturated rings. The van der Waals surface area contributed by atoms with Crippen molar-refractivity contribution in [3.05, 3.63) is 45.4 Å². The van der Waals surface area contributed by atoms with Gasteiger partial charge >= 0.3 is 6.18 Å². The Morgan fingerprint density at radius 2 is 1.95 bits per heavy atom. The van der Waals surface area contributed by atoms with Crippen LogP contribution in [0.5, 0.6) is 5.75 Å². The summed E-state index contributed by atoms with van der Waals surface area (Å²) >= 11 is 0. The minimum Gasteiger partial charge on any atom is -0.505 e. The zero-order valence-electron chi connectivity index (χ0n) is 20.1. The van der Waals surface area contributed by atoms with E-state index in [0.29, 0.717) is 12.5 Å². The normalized spacial score (nSPS) is 15.7. The standard InChI is InChI=1S/C21H24F3N5O6S2/c1-11(2)7-8-29-20(31)17(18(30)15(26-29)9-12(3)21(22,23)24)19-25-14-6-5-13(27-36(4,32)33)10-16(14)37(34,35)28-19/h5-6,9-11,27,30H,7-8H2,1-4H3,(H,25,28)/b12-9-. The first-order chi connectivity index (χ1) is 16.9. The summed E-state index contributed by atoms with van der Waals surface area (Å²) in [5.74, 6) is -1.53. The molecule has 0 radical (unpaired) electrons. The summed E-state index contributed by atoms with van der Waals surface area (Å²) in [6.45, 7) is 4.44. The highest BCUT2D eigenvalue weighted by atomic mass is 32.2. The molecule has 2 heterocycles. The molecule has 2 aromatic rings. The Bertz CT molecular complexity index is 1580. The second-order valence-electron chi connectivity index (χ2n) is 8.77. The Morgan fingerprint density at radius 3 is 2.51 bits per heavy atom. The van der Waals surface area contributed by atoms with Crippen molar-refractivity contribution in [2.24, 2.45) is 10.3 Å². The number of hydrogen-bond donors (Lipinski definition) is 3. The second-order valence-corrected chi connectivity index (χ2v) is 12.1. The Hall–Kier alpha value is -3.40. The molecule has 0 spiro atoms. The van der Waals surface area contributed by atoms with Gasteiger partial charge in [-0.1, -0.05) is 13.8 Å². The van der Waals surface area contributed by atoms with Crippen LogP contribution in [0.2, 0.25) is 0 Å². The Kier molecular flexibility index (Phi) is 7.47. The molecule has 0 aliphatic carbocycles. The molecule has 0 amide bonds. The quantitative estimate of drug-likeness (QED) is 0.464. The lowest BCUT2D eigenvalue weighted by Gasteiger charge is -2.20. The Morgan fingerprint density at radius 1 is 1.30 bits per heavy atom.